The average molecular weight is 467 g/mol. The van der Waals surface area contributed by atoms with Gasteiger partial charge in [-0.3, -0.25) is 4.79 Å². The summed E-state index contributed by atoms with van der Waals surface area (Å²) in [5, 5.41) is 0. The summed E-state index contributed by atoms with van der Waals surface area (Å²) >= 11 is 0. The van der Waals surface area contributed by atoms with Crippen molar-refractivity contribution >= 4 is 15.9 Å². The van der Waals surface area contributed by atoms with E-state index in [-0.39, 0.29) is 35.9 Å². The number of amides is 1. The van der Waals surface area contributed by atoms with Gasteiger partial charge in [-0.05, 0) is 49.4 Å². The molecule has 5 nitrogen and oxygen atoms in total. The van der Waals surface area contributed by atoms with Gasteiger partial charge in [-0.2, -0.15) is 17.5 Å². The molecular weight excluding hydrogens is 441 g/mol. The molecule has 0 saturated carbocycles. The lowest BCUT2D eigenvalue weighted by Crippen LogP contribution is -2.44. The first-order valence-electron chi connectivity index (χ1n) is 10.7. The smallest absolute Gasteiger partial charge is 0.335 e. The Bertz CT molecular complexity index is 1070. The second-order valence-corrected chi connectivity index (χ2v) is 10.2. The first-order valence-corrected chi connectivity index (χ1v) is 12.1. The van der Waals surface area contributed by atoms with Crippen LogP contribution in [-0.2, 0) is 21.0 Å². The Labute approximate surface area is 185 Å². The van der Waals surface area contributed by atoms with Crippen LogP contribution in [0.5, 0.6) is 0 Å². The number of likely N-dealkylation sites (tertiary alicyclic amines) is 1. The highest BCUT2D eigenvalue weighted by Crippen LogP contribution is 2.36. The maximum absolute atomic E-state index is 13.2. The number of rotatable bonds is 4. The third-order valence-electron chi connectivity index (χ3n) is 6.32. The molecule has 0 aliphatic carbocycles. The number of carbonyl (C=O) groups is 1. The van der Waals surface area contributed by atoms with Gasteiger partial charge in [0, 0.05) is 25.6 Å². The molecule has 2 aromatic carbocycles. The van der Waals surface area contributed by atoms with Gasteiger partial charge in [-0.1, -0.05) is 36.4 Å². The van der Waals surface area contributed by atoms with Crippen molar-refractivity contribution in [1.29, 1.82) is 0 Å². The van der Waals surface area contributed by atoms with E-state index in [0.717, 1.165) is 30.5 Å². The standard InChI is InChI=1S/C23H25F3N2O3S/c24-23(25,26)19-8-4-9-20(16-19)32(30,31)27-14-11-18(12-15-27)22(29)28-13-5-10-21(28)17-6-2-1-3-7-17/h1-4,6-9,16,18,21H,5,10-15H2. The van der Waals surface area contributed by atoms with Gasteiger partial charge < -0.3 is 4.90 Å². The second kappa shape index (κ2) is 8.86. The molecular formula is C23H25F3N2O3S. The normalized spacial score (nSPS) is 21.1. The molecule has 2 aliphatic rings. The first kappa shape index (κ1) is 22.8. The van der Waals surface area contributed by atoms with Gasteiger partial charge in [0.15, 0.2) is 0 Å². The first-order chi connectivity index (χ1) is 15.2. The molecule has 2 fully saturated rings. The molecule has 2 aliphatic heterocycles. The molecule has 2 aromatic rings. The predicted octanol–water partition coefficient (Wildman–Crippen LogP) is 4.47. The molecule has 1 unspecified atom stereocenters. The average Bonchev–Trinajstić information content (AvgIpc) is 3.29. The molecule has 2 saturated heterocycles. The number of halogens is 3. The summed E-state index contributed by atoms with van der Waals surface area (Å²) in [4.78, 5) is 14.7. The Morgan fingerprint density at radius 3 is 2.25 bits per heavy atom. The van der Waals surface area contributed by atoms with Crippen molar-refractivity contribution in [1.82, 2.24) is 9.21 Å². The third kappa shape index (κ3) is 4.54. The van der Waals surface area contributed by atoms with Gasteiger partial charge >= 0.3 is 6.18 Å². The Balaban J connectivity index is 1.43. The van der Waals surface area contributed by atoms with Gasteiger partial charge in [-0.25, -0.2) is 8.42 Å². The van der Waals surface area contributed by atoms with Crippen LogP contribution in [0.3, 0.4) is 0 Å². The molecule has 4 rings (SSSR count). The highest BCUT2D eigenvalue weighted by atomic mass is 32.2. The van der Waals surface area contributed by atoms with Crippen LogP contribution in [0.2, 0.25) is 0 Å². The van der Waals surface area contributed by atoms with Crippen molar-refractivity contribution in [3.8, 4) is 0 Å². The fraction of sp³-hybridized carbons (Fsp3) is 0.435. The number of sulfonamides is 1. The molecule has 1 amide bonds. The zero-order valence-corrected chi connectivity index (χ0v) is 18.3. The summed E-state index contributed by atoms with van der Waals surface area (Å²) in [5.74, 6) is -0.250. The molecule has 2 heterocycles. The molecule has 1 atom stereocenters. The molecule has 0 spiro atoms. The second-order valence-electron chi connectivity index (χ2n) is 8.30. The van der Waals surface area contributed by atoms with E-state index in [9.17, 15) is 26.4 Å². The SMILES string of the molecule is O=C(C1CCN(S(=O)(=O)c2cccc(C(F)(F)F)c2)CC1)N1CCCC1c1ccccc1. The zero-order chi connectivity index (χ0) is 22.9. The fourth-order valence-corrected chi connectivity index (χ4v) is 6.13. The Morgan fingerprint density at radius 1 is 0.906 bits per heavy atom. The fourth-order valence-electron chi connectivity index (χ4n) is 4.61. The quantitative estimate of drug-likeness (QED) is 0.668. The van der Waals surface area contributed by atoms with Gasteiger partial charge in [0.2, 0.25) is 15.9 Å². The third-order valence-corrected chi connectivity index (χ3v) is 8.22. The topological polar surface area (TPSA) is 57.7 Å². The van der Waals surface area contributed by atoms with Gasteiger partial charge in [0.25, 0.3) is 0 Å². The molecule has 0 aromatic heterocycles. The summed E-state index contributed by atoms with van der Waals surface area (Å²) in [6.45, 7) is 0.902. The summed E-state index contributed by atoms with van der Waals surface area (Å²) in [7, 11) is -4.06. The lowest BCUT2D eigenvalue weighted by Gasteiger charge is -2.34. The van der Waals surface area contributed by atoms with E-state index in [4.69, 9.17) is 0 Å². The molecule has 0 radical (unpaired) electrons. The largest absolute Gasteiger partial charge is 0.416 e. The lowest BCUT2D eigenvalue weighted by atomic mass is 9.95. The Morgan fingerprint density at radius 2 is 1.59 bits per heavy atom. The van der Waals surface area contributed by atoms with Crippen LogP contribution in [0.15, 0.2) is 59.5 Å². The highest BCUT2D eigenvalue weighted by Gasteiger charge is 2.38. The van der Waals surface area contributed by atoms with E-state index in [2.05, 4.69) is 0 Å². The number of nitrogens with zero attached hydrogens (tertiary/aromatic N) is 2. The Hall–Kier alpha value is -2.39. The maximum Gasteiger partial charge on any atom is 0.416 e. The van der Waals surface area contributed by atoms with E-state index in [0.29, 0.717) is 25.5 Å². The van der Waals surface area contributed by atoms with Crippen LogP contribution in [0.25, 0.3) is 0 Å². The number of hydrogen-bond donors (Lipinski definition) is 0. The van der Waals surface area contributed by atoms with Crippen molar-refractivity contribution < 1.29 is 26.4 Å². The number of piperidine rings is 1. The zero-order valence-electron chi connectivity index (χ0n) is 17.5. The van der Waals surface area contributed by atoms with Gasteiger partial charge in [0.05, 0.1) is 16.5 Å². The monoisotopic (exact) mass is 466 g/mol. The van der Waals surface area contributed by atoms with Crippen LogP contribution in [0.1, 0.15) is 42.9 Å². The van der Waals surface area contributed by atoms with Gasteiger partial charge in [-0.15, -0.1) is 0 Å². The van der Waals surface area contributed by atoms with Crippen LogP contribution in [0, 0.1) is 5.92 Å². The minimum Gasteiger partial charge on any atom is -0.335 e. The summed E-state index contributed by atoms with van der Waals surface area (Å²) in [6.07, 6.45) is -2.08. The Kier molecular flexibility index (Phi) is 6.31. The summed E-state index contributed by atoms with van der Waals surface area (Å²) < 4.78 is 66.0. The molecule has 32 heavy (non-hydrogen) atoms. The maximum atomic E-state index is 13.2. The van der Waals surface area contributed by atoms with Crippen molar-refractivity contribution in [2.24, 2.45) is 5.92 Å². The van der Waals surface area contributed by atoms with E-state index >= 15 is 0 Å². The molecule has 172 valence electrons. The lowest BCUT2D eigenvalue weighted by molar-refractivity contribution is -0.138. The van der Waals surface area contributed by atoms with E-state index in [1.807, 2.05) is 35.2 Å². The summed E-state index contributed by atoms with van der Waals surface area (Å²) in [6, 6.07) is 13.7. The molecule has 9 heteroatoms. The molecule has 0 N–H and O–H groups in total. The minimum absolute atomic E-state index is 0.0347. The van der Waals surface area contributed by atoms with Crippen molar-refractivity contribution in [3.63, 3.8) is 0 Å². The highest BCUT2D eigenvalue weighted by molar-refractivity contribution is 7.89. The van der Waals surface area contributed by atoms with Gasteiger partial charge in [0.1, 0.15) is 0 Å². The number of alkyl halides is 3. The van der Waals surface area contributed by atoms with E-state index in [1.54, 1.807) is 0 Å². The van der Waals surface area contributed by atoms with E-state index in [1.165, 1.54) is 10.4 Å². The van der Waals surface area contributed by atoms with Crippen molar-refractivity contribution in [3.05, 3.63) is 65.7 Å². The predicted molar refractivity (Wildman–Crippen MR) is 113 cm³/mol. The minimum atomic E-state index is -4.62. The van der Waals surface area contributed by atoms with Crippen LogP contribution in [-0.4, -0.2) is 43.2 Å². The molecule has 0 bridgehead atoms. The summed E-state index contributed by atoms with van der Waals surface area (Å²) in [5.41, 5.74) is 0.104. The van der Waals surface area contributed by atoms with Crippen molar-refractivity contribution in [2.45, 2.75) is 42.8 Å². The van der Waals surface area contributed by atoms with Crippen LogP contribution < -0.4 is 0 Å². The van der Waals surface area contributed by atoms with Crippen LogP contribution in [0.4, 0.5) is 13.2 Å². The van der Waals surface area contributed by atoms with Crippen LogP contribution >= 0.6 is 0 Å². The number of hydrogen-bond acceptors (Lipinski definition) is 3. The van der Waals surface area contributed by atoms with Crippen molar-refractivity contribution in [2.75, 3.05) is 19.6 Å². The number of benzene rings is 2. The van der Waals surface area contributed by atoms with E-state index < -0.39 is 21.8 Å². The number of carbonyl (C=O) groups excluding carboxylic acids is 1.